The molecule has 1 unspecified atom stereocenters. The molecule has 27 heavy (non-hydrogen) atoms. The first-order valence-corrected chi connectivity index (χ1v) is 8.32. The van der Waals surface area contributed by atoms with Gasteiger partial charge in [0.1, 0.15) is 17.6 Å². The van der Waals surface area contributed by atoms with Crippen molar-refractivity contribution < 1.29 is 24.0 Å². The average Bonchev–Trinajstić information content (AvgIpc) is 3.08. The Kier molecular flexibility index (Phi) is 6.67. The largest absolute Gasteiger partial charge is 0.480 e. The molecule has 1 atom stereocenters. The van der Waals surface area contributed by atoms with E-state index in [0.29, 0.717) is 30.2 Å². The van der Waals surface area contributed by atoms with Crippen LogP contribution in [0.4, 0.5) is 5.69 Å². The summed E-state index contributed by atoms with van der Waals surface area (Å²) in [5.41, 5.74) is 0.522. The Morgan fingerprint density at radius 2 is 2.07 bits per heavy atom. The minimum atomic E-state index is -0.983. The molecule has 2 N–H and O–H groups in total. The maximum atomic E-state index is 11.3. The van der Waals surface area contributed by atoms with E-state index in [1.165, 1.54) is 19.1 Å². The Hall–Kier alpha value is -3.20. The number of carbonyl (C=O) groups excluding carboxylic acids is 1. The number of benzene rings is 1. The van der Waals surface area contributed by atoms with Crippen molar-refractivity contribution in [1.29, 1.82) is 0 Å². The van der Waals surface area contributed by atoms with E-state index in [1.807, 2.05) is 0 Å². The van der Waals surface area contributed by atoms with Crippen LogP contribution in [0, 0.1) is 10.1 Å². The highest BCUT2D eigenvalue weighted by Crippen LogP contribution is 2.26. The lowest BCUT2D eigenvalue weighted by Crippen LogP contribution is -2.42. The third-order valence-electron chi connectivity index (χ3n) is 4.04. The lowest BCUT2D eigenvalue weighted by molar-refractivity contribution is -0.384. The summed E-state index contributed by atoms with van der Waals surface area (Å²) >= 11 is 0. The standard InChI is InChI=1S/C18H21N3O6/c1-12(18(23)24)20(9-8-19-13(2)22)11-16-6-7-17(27-16)14-4-3-5-15(10-14)21(25)26/h3-7,10,12H,8-9,11H2,1-2H3,(H,19,22)(H,23,24). The van der Waals surface area contributed by atoms with Crippen LogP contribution < -0.4 is 5.32 Å². The molecule has 0 fully saturated rings. The van der Waals surface area contributed by atoms with Crippen molar-refractivity contribution in [2.45, 2.75) is 26.4 Å². The molecular weight excluding hydrogens is 354 g/mol. The number of nitro groups is 1. The van der Waals surface area contributed by atoms with Gasteiger partial charge < -0.3 is 14.8 Å². The number of aliphatic carboxylic acids is 1. The van der Waals surface area contributed by atoms with Gasteiger partial charge in [-0.05, 0) is 19.1 Å². The van der Waals surface area contributed by atoms with Gasteiger partial charge in [-0.2, -0.15) is 0 Å². The molecule has 0 saturated heterocycles. The summed E-state index contributed by atoms with van der Waals surface area (Å²) in [6.07, 6.45) is 0. The molecule has 0 spiro atoms. The fourth-order valence-electron chi connectivity index (χ4n) is 2.53. The van der Waals surface area contributed by atoms with Gasteiger partial charge >= 0.3 is 5.97 Å². The van der Waals surface area contributed by atoms with Gasteiger partial charge in [-0.3, -0.25) is 24.6 Å². The number of hydrogen-bond donors (Lipinski definition) is 2. The van der Waals surface area contributed by atoms with Gasteiger partial charge in [0, 0.05) is 37.7 Å². The zero-order valence-electron chi connectivity index (χ0n) is 15.0. The van der Waals surface area contributed by atoms with Crippen molar-refractivity contribution in [3.05, 3.63) is 52.3 Å². The molecule has 1 heterocycles. The first kappa shape index (κ1) is 20.1. The minimum Gasteiger partial charge on any atom is -0.480 e. The summed E-state index contributed by atoms with van der Waals surface area (Å²) in [6, 6.07) is 8.69. The number of amides is 1. The second kappa shape index (κ2) is 8.95. The first-order chi connectivity index (χ1) is 12.8. The second-order valence-corrected chi connectivity index (χ2v) is 6.04. The van der Waals surface area contributed by atoms with Crippen LogP contribution >= 0.6 is 0 Å². The van der Waals surface area contributed by atoms with Crippen LogP contribution in [0.25, 0.3) is 11.3 Å². The zero-order valence-corrected chi connectivity index (χ0v) is 15.0. The van der Waals surface area contributed by atoms with Crippen molar-refractivity contribution in [2.24, 2.45) is 0 Å². The maximum absolute atomic E-state index is 11.3. The molecular formula is C18H21N3O6. The Labute approximate surface area is 155 Å². The van der Waals surface area contributed by atoms with Gasteiger partial charge in [0.25, 0.3) is 5.69 Å². The van der Waals surface area contributed by atoms with Crippen LogP contribution in [0.3, 0.4) is 0 Å². The molecule has 9 nitrogen and oxygen atoms in total. The Morgan fingerprint density at radius 3 is 2.70 bits per heavy atom. The van der Waals surface area contributed by atoms with E-state index in [9.17, 15) is 24.8 Å². The van der Waals surface area contributed by atoms with E-state index >= 15 is 0 Å². The predicted molar refractivity (Wildman–Crippen MR) is 97.0 cm³/mol. The molecule has 0 bridgehead atoms. The number of nitrogens with zero attached hydrogens (tertiary/aromatic N) is 2. The van der Waals surface area contributed by atoms with Crippen LogP contribution in [-0.4, -0.2) is 45.9 Å². The summed E-state index contributed by atoms with van der Waals surface area (Å²) in [4.78, 5) is 34.4. The molecule has 9 heteroatoms. The number of hydrogen-bond acceptors (Lipinski definition) is 6. The lowest BCUT2D eigenvalue weighted by Gasteiger charge is -2.25. The monoisotopic (exact) mass is 375 g/mol. The number of nitro benzene ring substituents is 1. The number of non-ortho nitro benzene ring substituents is 1. The average molecular weight is 375 g/mol. The minimum absolute atomic E-state index is 0.0399. The van der Waals surface area contributed by atoms with Gasteiger partial charge in [-0.25, -0.2) is 0 Å². The maximum Gasteiger partial charge on any atom is 0.320 e. The highest BCUT2D eigenvalue weighted by atomic mass is 16.6. The van der Waals surface area contributed by atoms with Gasteiger partial charge in [0.15, 0.2) is 0 Å². The van der Waals surface area contributed by atoms with Crippen LogP contribution in [-0.2, 0) is 16.1 Å². The summed E-state index contributed by atoms with van der Waals surface area (Å²) in [5.74, 6) is -0.196. The molecule has 0 aliphatic carbocycles. The van der Waals surface area contributed by atoms with Crippen LogP contribution in [0.5, 0.6) is 0 Å². The van der Waals surface area contributed by atoms with E-state index in [-0.39, 0.29) is 18.1 Å². The Bertz CT molecular complexity index is 832. The van der Waals surface area contributed by atoms with Crippen molar-refractivity contribution in [2.75, 3.05) is 13.1 Å². The van der Waals surface area contributed by atoms with Crippen molar-refractivity contribution in [3.63, 3.8) is 0 Å². The third-order valence-corrected chi connectivity index (χ3v) is 4.04. The summed E-state index contributed by atoms with van der Waals surface area (Å²) in [7, 11) is 0. The first-order valence-electron chi connectivity index (χ1n) is 8.32. The normalized spacial score (nSPS) is 12.0. The van der Waals surface area contributed by atoms with Crippen LogP contribution in [0.15, 0.2) is 40.8 Å². The van der Waals surface area contributed by atoms with Gasteiger partial charge in [0.05, 0.1) is 11.5 Å². The molecule has 1 amide bonds. The van der Waals surface area contributed by atoms with Crippen LogP contribution in [0.1, 0.15) is 19.6 Å². The third kappa shape index (κ3) is 5.65. The fraction of sp³-hybridized carbons (Fsp3) is 0.333. The molecule has 0 aliphatic rings. The Balaban J connectivity index is 2.14. The van der Waals surface area contributed by atoms with Gasteiger partial charge in [0.2, 0.25) is 5.91 Å². The number of furan rings is 1. The summed E-state index contributed by atoms with van der Waals surface area (Å²) in [6.45, 7) is 3.82. The smallest absolute Gasteiger partial charge is 0.320 e. The highest BCUT2D eigenvalue weighted by Gasteiger charge is 2.22. The second-order valence-electron chi connectivity index (χ2n) is 6.04. The van der Waals surface area contributed by atoms with Crippen LogP contribution in [0.2, 0.25) is 0 Å². The van der Waals surface area contributed by atoms with E-state index in [2.05, 4.69) is 5.32 Å². The fourth-order valence-corrected chi connectivity index (χ4v) is 2.53. The quantitative estimate of drug-likeness (QED) is 0.508. The predicted octanol–water partition coefficient (Wildman–Crippen LogP) is 2.27. The highest BCUT2D eigenvalue weighted by molar-refractivity contribution is 5.73. The number of carboxylic acid groups (broad SMARTS) is 1. The topological polar surface area (TPSA) is 126 Å². The molecule has 2 aromatic rings. The number of carboxylic acids is 1. The molecule has 0 saturated carbocycles. The number of rotatable bonds is 9. The molecule has 144 valence electrons. The van der Waals surface area contributed by atoms with Crippen molar-refractivity contribution >= 4 is 17.6 Å². The molecule has 0 radical (unpaired) electrons. The van der Waals surface area contributed by atoms with E-state index < -0.39 is 16.9 Å². The van der Waals surface area contributed by atoms with Gasteiger partial charge in [-0.1, -0.05) is 12.1 Å². The van der Waals surface area contributed by atoms with E-state index in [1.54, 1.807) is 36.1 Å². The summed E-state index contributed by atoms with van der Waals surface area (Å²) < 4.78 is 5.75. The molecule has 1 aromatic heterocycles. The molecule has 1 aromatic carbocycles. The van der Waals surface area contributed by atoms with E-state index in [0.717, 1.165) is 0 Å². The summed E-state index contributed by atoms with van der Waals surface area (Å²) in [5, 5.41) is 22.8. The molecule has 2 rings (SSSR count). The lowest BCUT2D eigenvalue weighted by atomic mass is 10.1. The van der Waals surface area contributed by atoms with E-state index in [4.69, 9.17) is 4.42 Å². The van der Waals surface area contributed by atoms with Crippen molar-refractivity contribution in [1.82, 2.24) is 10.2 Å². The zero-order chi connectivity index (χ0) is 20.0. The van der Waals surface area contributed by atoms with Gasteiger partial charge in [-0.15, -0.1) is 0 Å². The Morgan fingerprint density at radius 1 is 1.33 bits per heavy atom. The SMILES string of the molecule is CC(=O)NCCN(Cc1ccc(-c2cccc([N+](=O)[O-])c2)o1)C(C)C(=O)O. The van der Waals surface area contributed by atoms with Crippen molar-refractivity contribution in [3.8, 4) is 11.3 Å². The number of nitrogens with one attached hydrogen (secondary N) is 1. The molecule has 0 aliphatic heterocycles. The number of carbonyl (C=O) groups is 2.